The van der Waals surface area contributed by atoms with Gasteiger partial charge < -0.3 is 9.80 Å². The third-order valence-electron chi connectivity index (χ3n) is 14.5. The van der Waals surface area contributed by atoms with Gasteiger partial charge in [0.15, 0.2) is 23.3 Å². The van der Waals surface area contributed by atoms with Crippen LogP contribution in [0, 0.1) is 23.3 Å². The molecular weight excluding hydrogens is 897 g/mol. The Morgan fingerprint density at radius 2 is 0.472 bits per heavy atom. The van der Waals surface area contributed by atoms with Crippen molar-refractivity contribution < 1.29 is 17.6 Å². The van der Waals surface area contributed by atoms with E-state index in [1.165, 1.54) is 0 Å². The molecule has 72 heavy (non-hydrogen) atoms. The number of halogens is 4. The number of rotatable bonds is 6. The molecule has 340 valence electrons. The first kappa shape index (κ1) is 41.7. The lowest BCUT2D eigenvalue weighted by molar-refractivity contribution is 0.418. The van der Waals surface area contributed by atoms with Crippen molar-refractivity contribution in [3.63, 3.8) is 0 Å². The molecule has 0 aliphatic heterocycles. The summed E-state index contributed by atoms with van der Waals surface area (Å²) in [5, 5.41) is 12.3. The molecule has 0 fully saturated rings. The quantitative estimate of drug-likeness (QED) is 0.0709. The van der Waals surface area contributed by atoms with Gasteiger partial charge in [-0.15, -0.1) is 0 Å². The second-order valence-corrected chi connectivity index (χ2v) is 18.5. The van der Waals surface area contributed by atoms with Crippen LogP contribution in [0.1, 0.15) is 0 Å². The molecule has 0 radical (unpaired) electrons. The molecule has 0 spiro atoms. The third-order valence-corrected chi connectivity index (χ3v) is 14.5. The maximum atomic E-state index is 17.4. The molecule has 6 heteroatoms. The minimum absolute atomic E-state index is 0.242. The van der Waals surface area contributed by atoms with Crippen molar-refractivity contribution in [3.05, 3.63) is 254 Å². The van der Waals surface area contributed by atoms with Gasteiger partial charge in [-0.25, -0.2) is 17.6 Å². The van der Waals surface area contributed by atoms with Crippen LogP contribution in [0.5, 0.6) is 0 Å². The molecule has 0 aliphatic rings. The van der Waals surface area contributed by atoms with Gasteiger partial charge in [-0.1, -0.05) is 170 Å². The SMILES string of the molecule is Fc1c(F)c(F)c2c3cc(N(c4ccc5ccccc5c4)c4ccc5ccccc5c4)c4ccccc4c3c3c4ccccc4c(N(c4ccc5ccccc5c4)c4ccc5ccccc5c4)cc3c2c1F. The predicted octanol–water partition coefficient (Wildman–Crippen LogP) is 19.6. The molecule has 0 bridgehead atoms. The van der Waals surface area contributed by atoms with E-state index in [0.29, 0.717) is 22.1 Å². The summed E-state index contributed by atoms with van der Waals surface area (Å²) in [5.41, 5.74) is 4.57. The number of anilines is 6. The van der Waals surface area contributed by atoms with Crippen molar-refractivity contribution in [2.75, 3.05) is 9.80 Å². The number of nitrogens with zero attached hydrogens (tertiary/aromatic N) is 2. The zero-order chi connectivity index (χ0) is 48.2. The molecule has 0 saturated heterocycles. The van der Waals surface area contributed by atoms with Gasteiger partial charge >= 0.3 is 0 Å². The minimum atomic E-state index is -1.87. The van der Waals surface area contributed by atoms with Crippen LogP contribution in [0.3, 0.4) is 0 Å². The lowest BCUT2D eigenvalue weighted by Crippen LogP contribution is -2.12. The van der Waals surface area contributed by atoms with E-state index in [-0.39, 0.29) is 21.5 Å². The van der Waals surface area contributed by atoms with Crippen LogP contribution in [0.4, 0.5) is 51.7 Å². The van der Waals surface area contributed by atoms with E-state index < -0.39 is 23.3 Å². The van der Waals surface area contributed by atoms with Crippen LogP contribution in [0.2, 0.25) is 0 Å². The van der Waals surface area contributed by atoms with Crippen LogP contribution in [-0.4, -0.2) is 0 Å². The lowest BCUT2D eigenvalue weighted by atomic mass is 9.86. The van der Waals surface area contributed by atoms with Crippen LogP contribution in [0.25, 0.3) is 97.0 Å². The van der Waals surface area contributed by atoms with Crippen LogP contribution in [0.15, 0.2) is 231 Å². The number of hydrogen-bond donors (Lipinski definition) is 0. The first-order valence-electron chi connectivity index (χ1n) is 23.9. The molecule has 14 rings (SSSR count). The molecule has 0 saturated carbocycles. The molecular formula is C66H38F4N2. The van der Waals surface area contributed by atoms with Gasteiger partial charge in [0, 0.05) is 44.3 Å². The summed E-state index contributed by atoms with van der Waals surface area (Å²) in [4.78, 5) is 4.24. The van der Waals surface area contributed by atoms with Gasteiger partial charge in [0.2, 0.25) is 0 Å². The Morgan fingerprint density at radius 1 is 0.208 bits per heavy atom. The Hall–Kier alpha value is -9.26. The van der Waals surface area contributed by atoms with E-state index in [1.54, 1.807) is 0 Å². The normalized spacial score (nSPS) is 11.9. The predicted molar refractivity (Wildman–Crippen MR) is 293 cm³/mol. The monoisotopic (exact) mass is 934 g/mol. The minimum Gasteiger partial charge on any atom is -0.310 e. The van der Waals surface area contributed by atoms with Crippen molar-refractivity contribution in [3.8, 4) is 0 Å². The zero-order valence-corrected chi connectivity index (χ0v) is 38.3. The van der Waals surface area contributed by atoms with Crippen LogP contribution in [-0.2, 0) is 0 Å². The van der Waals surface area contributed by atoms with Crippen molar-refractivity contribution in [2.45, 2.75) is 0 Å². The van der Waals surface area contributed by atoms with Crippen molar-refractivity contribution in [1.29, 1.82) is 0 Å². The summed E-state index contributed by atoms with van der Waals surface area (Å²) in [5.74, 6) is -6.66. The Labute approximate surface area is 410 Å². The average Bonchev–Trinajstić information content (AvgIpc) is 3.43. The summed E-state index contributed by atoms with van der Waals surface area (Å²) < 4.78 is 67.2. The molecule has 0 heterocycles. The maximum absolute atomic E-state index is 17.4. The fourth-order valence-electron chi connectivity index (χ4n) is 11.3. The molecule has 0 amide bonds. The average molecular weight is 935 g/mol. The van der Waals surface area contributed by atoms with Crippen LogP contribution >= 0.6 is 0 Å². The highest BCUT2D eigenvalue weighted by Gasteiger charge is 2.30. The van der Waals surface area contributed by atoms with E-state index in [2.05, 4.69) is 131 Å². The zero-order valence-electron chi connectivity index (χ0n) is 38.3. The lowest BCUT2D eigenvalue weighted by Gasteiger charge is -2.30. The number of benzene rings is 14. The molecule has 2 nitrogen and oxygen atoms in total. The number of hydrogen-bond acceptors (Lipinski definition) is 2. The van der Waals surface area contributed by atoms with Gasteiger partial charge in [0.25, 0.3) is 0 Å². The Kier molecular flexibility index (Phi) is 9.35. The van der Waals surface area contributed by atoms with Crippen LogP contribution < -0.4 is 9.80 Å². The summed E-state index contributed by atoms with van der Waals surface area (Å²) in [6, 6.07) is 76.9. The first-order chi connectivity index (χ1) is 35.4. The van der Waals surface area contributed by atoms with Crippen molar-refractivity contribution in [2.24, 2.45) is 0 Å². The fourth-order valence-corrected chi connectivity index (χ4v) is 11.3. The maximum Gasteiger partial charge on any atom is 0.198 e. The molecule has 14 aromatic rings. The second kappa shape index (κ2) is 16.2. The second-order valence-electron chi connectivity index (χ2n) is 18.5. The fraction of sp³-hybridized carbons (Fsp3) is 0. The Balaban J connectivity index is 1.14. The molecule has 0 aliphatic carbocycles. The number of fused-ring (bicyclic) bond motifs is 14. The molecule has 0 aromatic heterocycles. The summed E-state index contributed by atoms with van der Waals surface area (Å²) >= 11 is 0. The standard InChI is InChI=1S/C66H38F4N2/c67-63-61-55-37-57(71(47-29-25-39-13-1-5-17-43(39)33-47)48-30-26-40-14-2-6-18-44(40)34-48)51-21-9-11-23-53(51)59(55)60-54-24-12-10-22-52(54)58(38-56(60)62(61)64(68)66(70)65(63)69)72(49-31-27-41-15-3-7-19-45(41)35-49)50-32-28-42-16-4-8-20-46(42)36-50/h1-38H. The summed E-state index contributed by atoms with van der Waals surface area (Å²) in [6.07, 6.45) is 0. The van der Waals surface area contributed by atoms with Gasteiger partial charge in [0.1, 0.15) is 0 Å². The molecule has 14 aromatic carbocycles. The van der Waals surface area contributed by atoms with Gasteiger partial charge in [0.05, 0.1) is 11.4 Å². The summed E-state index contributed by atoms with van der Waals surface area (Å²) in [7, 11) is 0. The van der Waals surface area contributed by atoms with Crippen molar-refractivity contribution in [1.82, 2.24) is 0 Å². The highest BCUT2D eigenvalue weighted by atomic mass is 19.2. The molecule has 0 N–H and O–H groups in total. The topological polar surface area (TPSA) is 6.48 Å². The Morgan fingerprint density at radius 3 is 0.778 bits per heavy atom. The van der Waals surface area contributed by atoms with E-state index >= 15 is 17.6 Å². The Bertz CT molecular complexity index is 4150. The van der Waals surface area contributed by atoms with E-state index in [1.807, 2.05) is 109 Å². The van der Waals surface area contributed by atoms with E-state index in [0.717, 1.165) is 87.4 Å². The highest BCUT2D eigenvalue weighted by Crippen LogP contribution is 2.52. The van der Waals surface area contributed by atoms with Gasteiger partial charge in [-0.3, -0.25) is 0 Å². The smallest absolute Gasteiger partial charge is 0.198 e. The van der Waals surface area contributed by atoms with E-state index in [4.69, 9.17) is 0 Å². The van der Waals surface area contributed by atoms with E-state index in [9.17, 15) is 0 Å². The first-order valence-corrected chi connectivity index (χ1v) is 23.9. The summed E-state index contributed by atoms with van der Waals surface area (Å²) in [6.45, 7) is 0. The largest absolute Gasteiger partial charge is 0.310 e. The molecule has 0 unspecified atom stereocenters. The van der Waals surface area contributed by atoms with Crippen molar-refractivity contribution >= 4 is 131 Å². The highest BCUT2D eigenvalue weighted by molar-refractivity contribution is 6.39. The molecule has 0 atom stereocenters. The van der Waals surface area contributed by atoms with Gasteiger partial charge in [-0.2, -0.15) is 0 Å². The third kappa shape index (κ3) is 6.35. The van der Waals surface area contributed by atoms with Gasteiger partial charge in [-0.05, 0) is 136 Å².